The normalized spacial score (nSPS) is 14.3. The zero-order chi connectivity index (χ0) is 23.8. The summed E-state index contributed by atoms with van der Waals surface area (Å²) < 4.78 is 46.5. The minimum Gasteiger partial charge on any atom is -0.493 e. The number of hydrogen-bond acceptors (Lipinski definition) is 5. The van der Waals surface area contributed by atoms with E-state index in [1.54, 1.807) is 24.3 Å². The Hall–Kier alpha value is -3.27. The van der Waals surface area contributed by atoms with Crippen LogP contribution in [0.3, 0.4) is 0 Å². The smallest absolute Gasteiger partial charge is 0.493 e. The molecule has 1 atom stereocenters. The third-order valence-corrected chi connectivity index (χ3v) is 4.93. The van der Waals surface area contributed by atoms with Crippen molar-refractivity contribution in [3.05, 3.63) is 59.7 Å². The minimum absolute atomic E-state index is 0.00338. The molecule has 1 fully saturated rings. The monoisotopic (exact) mass is 466 g/mol. The van der Waals surface area contributed by atoms with Gasteiger partial charge in [-0.25, -0.2) is 0 Å². The Bertz CT molecular complexity index is 929. The number of alkyl halides is 3. The summed E-state index contributed by atoms with van der Waals surface area (Å²) in [5.74, 6) is -0.167. The van der Waals surface area contributed by atoms with E-state index in [0.29, 0.717) is 29.4 Å². The fraction of sp³-hybridized carbons (Fsp3) is 0.391. The Balaban J connectivity index is 1.64. The molecule has 0 heterocycles. The molecule has 1 aliphatic carbocycles. The summed E-state index contributed by atoms with van der Waals surface area (Å²) >= 11 is 0. The van der Waals surface area contributed by atoms with Gasteiger partial charge >= 0.3 is 6.36 Å². The molecular weight excluding hydrogens is 441 g/mol. The maximum absolute atomic E-state index is 12.7. The van der Waals surface area contributed by atoms with Crippen LogP contribution in [-0.2, 0) is 11.2 Å². The first-order valence-electron chi connectivity index (χ1n) is 10.5. The number of halogens is 3. The third-order valence-electron chi connectivity index (χ3n) is 4.93. The molecule has 2 aromatic rings. The van der Waals surface area contributed by atoms with Gasteiger partial charge in [0.2, 0.25) is 5.91 Å². The second kappa shape index (κ2) is 11.0. The van der Waals surface area contributed by atoms with Crippen LogP contribution in [0.25, 0.3) is 0 Å². The molecule has 3 rings (SSSR count). The largest absolute Gasteiger partial charge is 0.573 e. The molecule has 0 spiro atoms. The number of aliphatic hydroxyl groups is 1. The highest BCUT2D eigenvalue weighted by Gasteiger charge is 2.31. The van der Waals surface area contributed by atoms with E-state index in [1.807, 2.05) is 0 Å². The van der Waals surface area contributed by atoms with Gasteiger partial charge in [0.05, 0.1) is 13.2 Å². The van der Waals surface area contributed by atoms with Crippen molar-refractivity contribution in [1.82, 2.24) is 10.6 Å². The van der Waals surface area contributed by atoms with Crippen LogP contribution >= 0.6 is 0 Å². The Morgan fingerprint density at radius 2 is 1.67 bits per heavy atom. The molecule has 3 N–H and O–H groups in total. The van der Waals surface area contributed by atoms with Crippen molar-refractivity contribution in [1.29, 1.82) is 0 Å². The van der Waals surface area contributed by atoms with Gasteiger partial charge in [-0.15, -0.1) is 13.2 Å². The van der Waals surface area contributed by atoms with E-state index in [4.69, 9.17) is 9.84 Å². The van der Waals surface area contributed by atoms with Gasteiger partial charge < -0.3 is 25.2 Å². The van der Waals surface area contributed by atoms with Crippen molar-refractivity contribution in [2.45, 2.75) is 31.7 Å². The quantitative estimate of drug-likeness (QED) is 0.473. The number of rotatable bonds is 11. The number of benzene rings is 2. The summed E-state index contributed by atoms with van der Waals surface area (Å²) in [6.45, 7) is 0.361. The fourth-order valence-corrected chi connectivity index (χ4v) is 3.02. The van der Waals surface area contributed by atoms with Gasteiger partial charge in [0.25, 0.3) is 5.91 Å². The number of amides is 2. The number of aliphatic hydroxyl groups excluding tert-OH is 1. The van der Waals surface area contributed by atoms with E-state index in [0.717, 1.165) is 25.0 Å². The average Bonchev–Trinajstić information content (AvgIpc) is 3.60. The Morgan fingerprint density at radius 3 is 2.24 bits per heavy atom. The van der Waals surface area contributed by atoms with Crippen LogP contribution in [0.2, 0.25) is 0 Å². The number of ether oxygens (including phenoxy) is 2. The van der Waals surface area contributed by atoms with Crippen LogP contribution in [0, 0.1) is 5.92 Å². The molecule has 2 amide bonds. The van der Waals surface area contributed by atoms with E-state index >= 15 is 0 Å². The lowest BCUT2D eigenvalue weighted by molar-refractivity contribution is -0.274. The van der Waals surface area contributed by atoms with E-state index < -0.39 is 24.2 Å². The summed E-state index contributed by atoms with van der Waals surface area (Å²) in [6, 6.07) is 10.5. The second-order valence-electron chi connectivity index (χ2n) is 7.72. The van der Waals surface area contributed by atoms with E-state index in [2.05, 4.69) is 15.4 Å². The topological polar surface area (TPSA) is 96.9 Å². The first-order chi connectivity index (χ1) is 15.7. The van der Waals surface area contributed by atoms with Crippen LogP contribution in [-0.4, -0.2) is 49.1 Å². The summed E-state index contributed by atoms with van der Waals surface area (Å²) in [5.41, 5.74) is 0.834. The molecule has 7 nitrogen and oxygen atoms in total. The summed E-state index contributed by atoms with van der Waals surface area (Å²) in [6.07, 6.45) is -2.45. The average molecular weight is 466 g/mol. The minimum atomic E-state index is -4.80. The molecule has 2 aromatic carbocycles. The number of hydrogen-bond donors (Lipinski definition) is 3. The highest BCUT2D eigenvalue weighted by molar-refractivity contribution is 5.97. The number of carbonyl (C=O) groups excluding carboxylic acids is 2. The summed E-state index contributed by atoms with van der Waals surface area (Å²) in [5, 5.41) is 14.1. The van der Waals surface area contributed by atoms with Gasteiger partial charge in [-0.3, -0.25) is 9.59 Å². The predicted octanol–water partition coefficient (Wildman–Crippen LogP) is 2.82. The van der Waals surface area contributed by atoms with Crippen molar-refractivity contribution < 1.29 is 37.3 Å². The Labute approximate surface area is 188 Å². The first kappa shape index (κ1) is 24.4. The lowest BCUT2D eigenvalue weighted by atomic mass is 10.0. The van der Waals surface area contributed by atoms with Crippen molar-refractivity contribution in [3.63, 3.8) is 0 Å². The lowest BCUT2D eigenvalue weighted by Crippen LogP contribution is -2.48. The standard InChI is InChI=1S/C23H25F3N2O5/c24-23(25,26)33-19-7-3-15(4-8-19)13-20(22(31)27-11-12-29)28-21(30)17-5-9-18(10-6-17)32-14-16-1-2-16/h3-10,16,20,29H,1-2,11-14H2,(H,27,31)(H,28,30). The van der Waals surface area contributed by atoms with E-state index in [-0.39, 0.29) is 25.3 Å². The van der Waals surface area contributed by atoms with Gasteiger partial charge in [-0.2, -0.15) is 0 Å². The van der Waals surface area contributed by atoms with Crippen molar-refractivity contribution in [2.75, 3.05) is 19.8 Å². The molecule has 0 aliphatic heterocycles. The fourth-order valence-electron chi connectivity index (χ4n) is 3.02. The molecule has 1 saturated carbocycles. The third kappa shape index (κ3) is 8.30. The van der Waals surface area contributed by atoms with E-state index in [1.165, 1.54) is 12.1 Å². The number of carbonyl (C=O) groups is 2. The summed E-state index contributed by atoms with van der Waals surface area (Å²) in [4.78, 5) is 25.2. The predicted molar refractivity (Wildman–Crippen MR) is 113 cm³/mol. The lowest BCUT2D eigenvalue weighted by Gasteiger charge is -2.19. The molecule has 33 heavy (non-hydrogen) atoms. The van der Waals surface area contributed by atoms with Gasteiger partial charge in [0.15, 0.2) is 0 Å². The first-order valence-corrected chi connectivity index (χ1v) is 10.5. The molecule has 0 aromatic heterocycles. The van der Waals surface area contributed by atoms with E-state index in [9.17, 15) is 22.8 Å². The van der Waals surface area contributed by atoms with Crippen LogP contribution < -0.4 is 20.1 Å². The zero-order valence-corrected chi connectivity index (χ0v) is 17.7. The van der Waals surface area contributed by atoms with Crippen LogP contribution in [0.1, 0.15) is 28.8 Å². The molecule has 0 radical (unpaired) electrons. The van der Waals surface area contributed by atoms with Crippen LogP contribution in [0.5, 0.6) is 11.5 Å². The molecule has 10 heteroatoms. The van der Waals surface area contributed by atoms with Gasteiger partial charge in [-0.05, 0) is 60.7 Å². The zero-order valence-electron chi connectivity index (χ0n) is 17.7. The second-order valence-corrected chi connectivity index (χ2v) is 7.72. The highest BCUT2D eigenvalue weighted by Crippen LogP contribution is 2.29. The molecule has 1 unspecified atom stereocenters. The van der Waals surface area contributed by atoms with Gasteiger partial charge in [-0.1, -0.05) is 12.1 Å². The molecule has 0 saturated heterocycles. The maximum atomic E-state index is 12.7. The summed E-state index contributed by atoms with van der Waals surface area (Å²) in [7, 11) is 0. The van der Waals surface area contributed by atoms with Crippen molar-refractivity contribution >= 4 is 11.8 Å². The molecule has 0 bridgehead atoms. The van der Waals surface area contributed by atoms with Gasteiger partial charge in [0, 0.05) is 18.5 Å². The number of nitrogens with one attached hydrogen (secondary N) is 2. The van der Waals surface area contributed by atoms with Crippen LogP contribution in [0.4, 0.5) is 13.2 Å². The molecule has 178 valence electrons. The maximum Gasteiger partial charge on any atom is 0.573 e. The van der Waals surface area contributed by atoms with Crippen molar-refractivity contribution in [2.24, 2.45) is 5.92 Å². The van der Waals surface area contributed by atoms with Gasteiger partial charge in [0.1, 0.15) is 17.5 Å². The molecule has 1 aliphatic rings. The van der Waals surface area contributed by atoms with Crippen molar-refractivity contribution in [3.8, 4) is 11.5 Å². The highest BCUT2D eigenvalue weighted by atomic mass is 19.4. The Kier molecular flexibility index (Phi) is 8.16. The SMILES string of the molecule is O=C(NC(Cc1ccc(OC(F)(F)F)cc1)C(=O)NCCO)c1ccc(OCC2CC2)cc1. The molecular formula is C23H25F3N2O5. The Morgan fingerprint density at radius 1 is 1.03 bits per heavy atom. The van der Waals surface area contributed by atoms with Crippen LogP contribution in [0.15, 0.2) is 48.5 Å².